The molecule has 4 N–H and O–H groups in total. The molecule has 3 aliphatic heterocycles. The monoisotopic (exact) mass is 840 g/mol. The van der Waals surface area contributed by atoms with E-state index in [0.29, 0.717) is 42.5 Å². The Bertz CT molecular complexity index is 2500. The molecule has 15 nitrogen and oxygen atoms in total. The molecule has 3 aliphatic rings. The minimum Gasteiger partial charge on any atom is -0.488 e. The van der Waals surface area contributed by atoms with Crippen molar-refractivity contribution in [1.82, 2.24) is 40.4 Å². The number of aromatic amines is 2. The Hall–Kier alpha value is -6.90. The van der Waals surface area contributed by atoms with Crippen LogP contribution in [0, 0.1) is 5.92 Å². The highest BCUT2D eigenvalue weighted by molar-refractivity contribution is 5.88. The maximum Gasteiger partial charge on any atom is 0.407 e. The summed E-state index contributed by atoms with van der Waals surface area (Å²) in [5.41, 5.74) is 7.75. The van der Waals surface area contributed by atoms with Gasteiger partial charge < -0.3 is 44.6 Å². The van der Waals surface area contributed by atoms with E-state index in [1.165, 1.54) is 14.2 Å². The topological polar surface area (TPSA) is 184 Å². The molecule has 0 radical (unpaired) electrons. The lowest BCUT2D eigenvalue weighted by Gasteiger charge is -2.32. The van der Waals surface area contributed by atoms with Gasteiger partial charge in [-0.05, 0) is 85.1 Å². The molecule has 5 heterocycles. The molecule has 8 rings (SSSR count). The highest BCUT2D eigenvalue weighted by Crippen LogP contribution is 2.43. The third kappa shape index (κ3) is 8.02. The summed E-state index contributed by atoms with van der Waals surface area (Å²) in [5.74, 6) is 1.54. The molecular weight excluding hydrogens is 789 g/mol. The second-order valence-corrected chi connectivity index (χ2v) is 16.4. The van der Waals surface area contributed by atoms with Crippen molar-refractivity contribution in [2.75, 3.05) is 20.8 Å². The molecule has 2 saturated heterocycles. The maximum absolute atomic E-state index is 14.1. The number of nitrogens with zero attached hydrogens (tertiary/aromatic N) is 4. The van der Waals surface area contributed by atoms with Crippen molar-refractivity contribution in [3.8, 4) is 39.4 Å². The highest BCUT2D eigenvalue weighted by atomic mass is 16.5. The summed E-state index contributed by atoms with van der Waals surface area (Å²) in [6, 6.07) is 19.2. The second-order valence-electron chi connectivity index (χ2n) is 16.4. The number of imidazole rings is 2. The van der Waals surface area contributed by atoms with E-state index in [1.807, 2.05) is 74.2 Å². The molecule has 4 amide bonds. The fourth-order valence-electron chi connectivity index (χ4n) is 8.98. The molecule has 5 atom stereocenters. The number of H-pyrrole nitrogens is 2. The number of fused-ring (bicyclic) bond motifs is 3. The fourth-order valence-corrected chi connectivity index (χ4v) is 8.98. The summed E-state index contributed by atoms with van der Waals surface area (Å²) >= 11 is 0. The van der Waals surface area contributed by atoms with Crippen LogP contribution in [0.4, 0.5) is 9.59 Å². The number of aromatic nitrogens is 4. The van der Waals surface area contributed by atoms with Gasteiger partial charge in [0.2, 0.25) is 5.91 Å². The van der Waals surface area contributed by atoms with E-state index in [1.54, 1.807) is 17.2 Å². The Morgan fingerprint density at radius 2 is 1.61 bits per heavy atom. The van der Waals surface area contributed by atoms with Crippen molar-refractivity contribution in [2.24, 2.45) is 5.92 Å². The first-order chi connectivity index (χ1) is 30.0. The number of amides is 4. The summed E-state index contributed by atoms with van der Waals surface area (Å²) < 4.78 is 16.0. The van der Waals surface area contributed by atoms with Crippen LogP contribution in [0.5, 0.6) is 5.75 Å². The van der Waals surface area contributed by atoms with Gasteiger partial charge in [-0.2, -0.15) is 0 Å². The van der Waals surface area contributed by atoms with Crippen LogP contribution >= 0.6 is 0 Å². The zero-order valence-corrected chi connectivity index (χ0v) is 35.6. The molecule has 0 unspecified atom stereocenters. The molecule has 2 aromatic heterocycles. The van der Waals surface area contributed by atoms with Crippen molar-refractivity contribution in [3.05, 3.63) is 108 Å². The number of benzene rings is 3. The Morgan fingerprint density at radius 1 is 0.871 bits per heavy atom. The molecule has 5 aromatic rings. The van der Waals surface area contributed by atoms with Gasteiger partial charge in [0.15, 0.2) is 0 Å². The number of methoxy groups -OCH3 is 2. The van der Waals surface area contributed by atoms with Crippen molar-refractivity contribution >= 4 is 30.1 Å². The van der Waals surface area contributed by atoms with E-state index < -0.39 is 24.3 Å². The number of ether oxygens (including phenoxy) is 3. The second kappa shape index (κ2) is 17.6. The fraction of sp³-hybridized carbons (Fsp3) is 0.362. The number of hydrogen-bond acceptors (Lipinski definition) is 9. The molecule has 15 heteroatoms. The van der Waals surface area contributed by atoms with Crippen LogP contribution in [0.15, 0.2) is 79.5 Å². The lowest BCUT2D eigenvalue weighted by molar-refractivity contribution is -0.137. The molecule has 0 bridgehead atoms. The number of nitrogens with one attached hydrogen (secondary N) is 4. The Labute approximate surface area is 360 Å². The largest absolute Gasteiger partial charge is 0.488 e. The standard InChI is InChI=1S/C47H52N8O7/c1-7-34-40(51-43(49-34)36-14-11-21-54(36)44(56)41(53-47(59)61-6)28-12-9-8-10-13-28)30-17-19-33-32-18-16-29(22-31(32)25-62-38(33)23-30)35-24-48-42(50-35)37-20-15-27(4)55(37)45(57)39(26(2)3)52-46(58)60-5/h7-10,12-13,16-19,22-24,26-27,36-37,39,41H,1,11,14-15,20-21,25H2,2-6H3,(H,48,50)(H,49,51)(H,52,58)(H,53,59)/t27-,36-,37-,39-,41+/m0/s1. The number of alkyl carbamates (subject to hydrolysis) is 2. The van der Waals surface area contributed by atoms with Crippen LogP contribution in [-0.4, -0.2) is 86.6 Å². The number of carbonyl (C=O) groups excluding carboxylic acids is 4. The minimum atomic E-state index is -0.919. The molecule has 3 aromatic carbocycles. The van der Waals surface area contributed by atoms with Crippen LogP contribution in [0.3, 0.4) is 0 Å². The summed E-state index contributed by atoms with van der Waals surface area (Å²) in [5, 5.41) is 5.44. The van der Waals surface area contributed by atoms with Gasteiger partial charge in [-0.3, -0.25) is 9.59 Å². The van der Waals surface area contributed by atoms with Crippen molar-refractivity contribution in [3.63, 3.8) is 0 Å². The van der Waals surface area contributed by atoms with E-state index in [-0.39, 0.29) is 35.9 Å². The number of carbonyl (C=O) groups is 4. The molecule has 0 aliphatic carbocycles. The van der Waals surface area contributed by atoms with E-state index >= 15 is 0 Å². The third-order valence-corrected chi connectivity index (χ3v) is 12.2. The van der Waals surface area contributed by atoms with Crippen molar-refractivity contribution < 1.29 is 33.4 Å². The maximum atomic E-state index is 14.1. The van der Waals surface area contributed by atoms with Gasteiger partial charge in [0.25, 0.3) is 5.91 Å². The van der Waals surface area contributed by atoms with Gasteiger partial charge >= 0.3 is 12.2 Å². The van der Waals surface area contributed by atoms with E-state index in [0.717, 1.165) is 64.2 Å². The smallest absolute Gasteiger partial charge is 0.407 e. The van der Waals surface area contributed by atoms with E-state index in [9.17, 15) is 19.2 Å². The van der Waals surface area contributed by atoms with E-state index in [2.05, 4.69) is 45.4 Å². The average Bonchev–Trinajstić information content (AvgIpc) is 4.13. The first-order valence-electron chi connectivity index (χ1n) is 21.0. The highest BCUT2D eigenvalue weighted by Gasteiger charge is 2.42. The number of likely N-dealkylation sites (tertiary alicyclic amines) is 2. The summed E-state index contributed by atoms with van der Waals surface area (Å²) in [6.45, 7) is 10.7. The van der Waals surface area contributed by atoms with Crippen LogP contribution < -0.4 is 15.4 Å². The average molecular weight is 841 g/mol. The first kappa shape index (κ1) is 41.8. The van der Waals surface area contributed by atoms with Crippen LogP contribution in [0.2, 0.25) is 0 Å². The predicted molar refractivity (Wildman–Crippen MR) is 232 cm³/mol. The third-order valence-electron chi connectivity index (χ3n) is 12.2. The van der Waals surface area contributed by atoms with Gasteiger partial charge in [0.1, 0.15) is 36.1 Å². The first-order valence-corrected chi connectivity index (χ1v) is 21.0. The Balaban J connectivity index is 1.01. The molecule has 2 fully saturated rings. The normalized spacial score (nSPS) is 18.9. The SMILES string of the molecule is C=Cc1nc([C@@H]2CCCN2C(=O)[C@H](NC(=O)OC)c2ccccc2)[nH]c1-c1ccc2c(c1)OCc1cc(-c3cnc([C@@H]4CC[C@H](C)N4C(=O)[C@@H](NC(=O)OC)C(C)C)[nH]3)ccc1-2. The molecule has 0 saturated carbocycles. The quantitative estimate of drug-likeness (QED) is 0.103. The van der Waals surface area contributed by atoms with Gasteiger partial charge in [-0.25, -0.2) is 19.6 Å². The number of rotatable bonds is 11. The Kier molecular flexibility index (Phi) is 11.9. The summed E-state index contributed by atoms with van der Waals surface area (Å²) in [6.07, 6.45) is 5.22. The van der Waals surface area contributed by atoms with E-state index in [4.69, 9.17) is 24.2 Å². The minimum absolute atomic E-state index is 0.0216. The van der Waals surface area contributed by atoms with Gasteiger partial charge in [0.05, 0.1) is 49.6 Å². The van der Waals surface area contributed by atoms with Gasteiger partial charge in [-0.15, -0.1) is 0 Å². The molecule has 62 heavy (non-hydrogen) atoms. The zero-order valence-electron chi connectivity index (χ0n) is 35.6. The zero-order chi connectivity index (χ0) is 43.7. The lowest BCUT2D eigenvalue weighted by atomic mass is 9.93. The summed E-state index contributed by atoms with van der Waals surface area (Å²) in [7, 11) is 2.56. The van der Waals surface area contributed by atoms with Crippen molar-refractivity contribution in [1.29, 1.82) is 0 Å². The lowest BCUT2D eigenvalue weighted by Crippen LogP contribution is -2.52. The molecule has 322 valence electrons. The van der Waals surface area contributed by atoms with Crippen molar-refractivity contribution in [2.45, 2.75) is 83.3 Å². The molecule has 0 spiro atoms. The molecular formula is C47H52N8O7. The van der Waals surface area contributed by atoms with Crippen LogP contribution in [0.1, 0.15) is 93.0 Å². The number of hydrogen-bond donors (Lipinski definition) is 4. The van der Waals surface area contributed by atoms with Gasteiger partial charge in [0, 0.05) is 23.7 Å². The van der Waals surface area contributed by atoms with Gasteiger partial charge in [-0.1, -0.05) is 69.0 Å². The summed E-state index contributed by atoms with van der Waals surface area (Å²) in [4.78, 5) is 72.7. The van der Waals surface area contributed by atoms with Crippen LogP contribution in [0.25, 0.3) is 39.7 Å². The predicted octanol–water partition coefficient (Wildman–Crippen LogP) is 7.86. The van der Waals surface area contributed by atoms with Crippen LogP contribution in [-0.2, 0) is 25.7 Å². The Morgan fingerprint density at radius 3 is 2.35 bits per heavy atom.